The zero-order chi connectivity index (χ0) is 16.2. The molecule has 0 saturated heterocycles. The topological polar surface area (TPSA) is 41.9 Å². The fraction of sp³-hybridized carbons (Fsp3) is 0.375. The van der Waals surface area contributed by atoms with Crippen LogP contribution in [0, 0.1) is 0 Å². The van der Waals surface area contributed by atoms with Crippen molar-refractivity contribution < 1.29 is 0 Å². The number of anilines is 1. The van der Waals surface area contributed by atoms with Crippen molar-refractivity contribution >= 4 is 46.4 Å². The van der Waals surface area contributed by atoms with Crippen LogP contribution in [-0.2, 0) is 6.54 Å². The fourth-order valence-corrected chi connectivity index (χ4v) is 3.49. The van der Waals surface area contributed by atoms with Crippen molar-refractivity contribution in [1.82, 2.24) is 15.1 Å². The van der Waals surface area contributed by atoms with Crippen molar-refractivity contribution in [1.29, 1.82) is 0 Å². The van der Waals surface area contributed by atoms with Crippen LogP contribution in [0.15, 0.2) is 30.5 Å². The number of nitrogens with one attached hydrogen (secondary N) is 2. The summed E-state index contributed by atoms with van der Waals surface area (Å²) in [6, 6.07) is 7.86. The molecule has 1 aromatic carbocycles. The zero-order valence-corrected chi connectivity index (χ0v) is 14.9. The summed E-state index contributed by atoms with van der Waals surface area (Å²) < 4.78 is 1.82. The van der Waals surface area contributed by atoms with E-state index < -0.39 is 0 Å². The first-order chi connectivity index (χ1) is 11.1. The summed E-state index contributed by atoms with van der Waals surface area (Å²) in [4.78, 5) is 0. The standard InChI is InChI=1S/C16H18Cl2N4S/c17-12-6-5-11(14(18)9-12)10-22-8-7-15(21-22)20-16(23)19-13-3-1-2-4-13/h5-9,13H,1-4,10H2,(H2,19,20,21,23). The number of rotatable bonds is 4. The van der Waals surface area contributed by atoms with Gasteiger partial charge in [-0.05, 0) is 42.8 Å². The van der Waals surface area contributed by atoms with Gasteiger partial charge in [-0.15, -0.1) is 0 Å². The summed E-state index contributed by atoms with van der Waals surface area (Å²) >= 11 is 17.4. The van der Waals surface area contributed by atoms with Gasteiger partial charge in [-0.2, -0.15) is 5.10 Å². The maximum absolute atomic E-state index is 6.19. The second-order valence-electron chi connectivity index (χ2n) is 5.71. The van der Waals surface area contributed by atoms with Crippen molar-refractivity contribution in [3.8, 4) is 0 Å². The van der Waals surface area contributed by atoms with Gasteiger partial charge in [0.05, 0.1) is 6.54 Å². The lowest BCUT2D eigenvalue weighted by molar-refractivity contribution is 0.634. The van der Waals surface area contributed by atoms with Crippen molar-refractivity contribution in [3.63, 3.8) is 0 Å². The second kappa shape index (κ2) is 7.51. The molecular weight excluding hydrogens is 351 g/mol. The Kier molecular flexibility index (Phi) is 5.41. The van der Waals surface area contributed by atoms with E-state index in [9.17, 15) is 0 Å². The molecule has 0 radical (unpaired) electrons. The minimum Gasteiger partial charge on any atom is -0.360 e. The molecule has 1 aromatic heterocycles. The maximum atomic E-state index is 6.19. The smallest absolute Gasteiger partial charge is 0.172 e. The number of benzene rings is 1. The maximum Gasteiger partial charge on any atom is 0.172 e. The Labute approximate surface area is 151 Å². The number of hydrogen-bond acceptors (Lipinski definition) is 2. The van der Waals surface area contributed by atoms with E-state index in [0.717, 1.165) is 11.4 Å². The summed E-state index contributed by atoms with van der Waals surface area (Å²) in [7, 11) is 0. The largest absolute Gasteiger partial charge is 0.360 e. The van der Waals surface area contributed by atoms with Gasteiger partial charge < -0.3 is 10.6 Å². The van der Waals surface area contributed by atoms with Gasteiger partial charge in [-0.1, -0.05) is 42.1 Å². The number of thiocarbonyl (C=S) groups is 1. The molecule has 0 amide bonds. The van der Waals surface area contributed by atoms with Gasteiger partial charge in [0.1, 0.15) is 0 Å². The van der Waals surface area contributed by atoms with Gasteiger partial charge in [-0.3, -0.25) is 4.68 Å². The third kappa shape index (κ3) is 4.59. The summed E-state index contributed by atoms with van der Waals surface area (Å²) in [5.41, 5.74) is 0.970. The van der Waals surface area contributed by atoms with E-state index in [1.54, 1.807) is 6.07 Å². The van der Waals surface area contributed by atoms with E-state index in [4.69, 9.17) is 35.4 Å². The van der Waals surface area contributed by atoms with E-state index in [0.29, 0.717) is 27.7 Å². The lowest BCUT2D eigenvalue weighted by Crippen LogP contribution is -2.36. The molecule has 1 heterocycles. The van der Waals surface area contributed by atoms with E-state index in [1.165, 1.54) is 25.7 Å². The summed E-state index contributed by atoms with van der Waals surface area (Å²) in [5.74, 6) is 0.727. The third-order valence-corrected chi connectivity index (χ3v) is 4.73. The normalized spacial score (nSPS) is 14.9. The van der Waals surface area contributed by atoms with Gasteiger partial charge in [0.2, 0.25) is 0 Å². The summed E-state index contributed by atoms with van der Waals surface area (Å²) in [6.07, 6.45) is 6.82. The number of aromatic nitrogens is 2. The van der Waals surface area contributed by atoms with Gasteiger partial charge in [0.15, 0.2) is 10.9 Å². The van der Waals surface area contributed by atoms with Crippen LogP contribution in [0.3, 0.4) is 0 Å². The van der Waals surface area contributed by atoms with Crippen LogP contribution in [0.2, 0.25) is 10.0 Å². The highest BCUT2D eigenvalue weighted by Gasteiger charge is 2.15. The van der Waals surface area contributed by atoms with E-state index in [-0.39, 0.29) is 0 Å². The summed E-state index contributed by atoms with van der Waals surface area (Å²) in [5, 5.41) is 12.8. The molecule has 7 heteroatoms. The molecule has 23 heavy (non-hydrogen) atoms. The first-order valence-electron chi connectivity index (χ1n) is 7.65. The monoisotopic (exact) mass is 368 g/mol. The average Bonchev–Trinajstić information content (AvgIpc) is 3.14. The molecule has 0 bridgehead atoms. The Morgan fingerprint density at radius 2 is 2.04 bits per heavy atom. The number of nitrogens with zero attached hydrogens (tertiary/aromatic N) is 2. The zero-order valence-electron chi connectivity index (χ0n) is 12.6. The Balaban J connectivity index is 1.58. The van der Waals surface area contributed by atoms with Crippen LogP contribution < -0.4 is 10.6 Å². The van der Waals surface area contributed by atoms with Crippen LogP contribution in [0.4, 0.5) is 5.82 Å². The van der Waals surface area contributed by atoms with Crippen LogP contribution in [0.25, 0.3) is 0 Å². The highest BCUT2D eigenvalue weighted by molar-refractivity contribution is 7.80. The Morgan fingerprint density at radius 1 is 1.26 bits per heavy atom. The minimum atomic E-state index is 0.491. The number of hydrogen-bond donors (Lipinski definition) is 2. The van der Waals surface area contributed by atoms with Crippen LogP contribution in [0.1, 0.15) is 31.2 Å². The molecule has 0 spiro atoms. The Morgan fingerprint density at radius 3 is 2.78 bits per heavy atom. The van der Waals surface area contributed by atoms with E-state index >= 15 is 0 Å². The molecule has 1 saturated carbocycles. The molecule has 3 rings (SSSR count). The minimum absolute atomic E-state index is 0.491. The quantitative estimate of drug-likeness (QED) is 0.781. The van der Waals surface area contributed by atoms with Gasteiger partial charge in [0.25, 0.3) is 0 Å². The van der Waals surface area contributed by atoms with E-state index in [1.807, 2.05) is 29.1 Å². The molecule has 4 nitrogen and oxygen atoms in total. The fourth-order valence-electron chi connectivity index (χ4n) is 2.75. The molecule has 1 fully saturated rings. The van der Waals surface area contributed by atoms with Gasteiger partial charge in [0, 0.05) is 28.4 Å². The first-order valence-corrected chi connectivity index (χ1v) is 8.81. The number of halogens is 2. The molecular formula is C16H18Cl2N4S. The lowest BCUT2D eigenvalue weighted by atomic mass is 10.2. The van der Waals surface area contributed by atoms with E-state index in [2.05, 4.69) is 15.7 Å². The second-order valence-corrected chi connectivity index (χ2v) is 6.97. The molecule has 1 aliphatic rings. The summed E-state index contributed by atoms with van der Waals surface area (Å²) in [6.45, 7) is 0.584. The van der Waals surface area contributed by atoms with Crippen molar-refractivity contribution in [2.75, 3.05) is 5.32 Å². The molecule has 0 atom stereocenters. The molecule has 122 valence electrons. The van der Waals surface area contributed by atoms with Crippen molar-refractivity contribution in [2.24, 2.45) is 0 Å². The SMILES string of the molecule is S=C(Nc1ccn(Cc2ccc(Cl)cc2Cl)n1)NC1CCCC1. The lowest BCUT2D eigenvalue weighted by Gasteiger charge is -2.14. The average molecular weight is 369 g/mol. The van der Waals surface area contributed by atoms with Crippen LogP contribution in [-0.4, -0.2) is 20.9 Å². The molecule has 2 aromatic rings. The third-order valence-electron chi connectivity index (χ3n) is 3.92. The molecule has 2 N–H and O–H groups in total. The molecule has 0 aliphatic heterocycles. The van der Waals surface area contributed by atoms with Crippen molar-refractivity contribution in [3.05, 3.63) is 46.1 Å². The molecule has 0 unspecified atom stereocenters. The predicted octanol–water partition coefficient (Wildman–Crippen LogP) is 4.47. The predicted molar refractivity (Wildman–Crippen MR) is 99.4 cm³/mol. The first kappa shape index (κ1) is 16.6. The Bertz CT molecular complexity index is 695. The van der Waals surface area contributed by atoms with Crippen molar-refractivity contribution in [2.45, 2.75) is 38.3 Å². The van der Waals surface area contributed by atoms with Crippen LogP contribution >= 0.6 is 35.4 Å². The molecule has 1 aliphatic carbocycles. The van der Waals surface area contributed by atoms with Gasteiger partial charge in [-0.25, -0.2) is 0 Å². The van der Waals surface area contributed by atoms with Gasteiger partial charge >= 0.3 is 0 Å². The van der Waals surface area contributed by atoms with Crippen LogP contribution in [0.5, 0.6) is 0 Å². The highest BCUT2D eigenvalue weighted by atomic mass is 35.5. The highest BCUT2D eigenvalue weighted by Crippen LogP contribution is 2.22. The Hall–Kier alpha value is -1.30.